The number of carbonyl (C=O) groups excluding carboxylic acids is 1. The molecule has 1 aliphatic carbocycles. The summed E-state index contributed by atoms with van der Waals surface area (Å²) in [7, 11) is 1.71. The predicted molar refractivity (Wildman–Crippen MR) is 59.1 cm³/mol. The monoisotopic (exact) mass is 223 g/mol. The van der Waals surface area contributed by atoms with E-state index in [0.717, 1.165) is 6.42 Å². The van der Waals surface area contributed by atoms with E-state index in [9.17, 15) is 4.79 Å². The van der Waals surface area contributed by atoms with Gasteiger partial charge in [-0.2, -0.15) is 0 Å². The normalized spacial score (nSPS) is 27.2. The third kappa shape index (κ3) is 1.71. The van der Waals surface area contributed by atoms with Crippen molar-refractivity contribution in [1.29, 1.82) is 0 Å². The Hall–Kier alpha value is -1.36. The van der Waals surface area contributed by atoms with Crippen molar-refractivity contribution in [2.24, 2.45) is 5.41 Å². The minimum absolute atomic E-state index is 0.00894. The van der Waals surface area contributed by atoms with E-state index in [4.69, 9.17) is 4.74 Å². The summed E-state index contributed by atoms with van der Waals surface area (Å²) in [5, 5.41) is 2.98. The molecule has 1 saturated carbocycles. The molecule has 0 radical (unpaired) electrons. The maximum Gasteiger partial charge on any atom is 0.327 e. The zero-order valence-electron chi connectivity index (χ0n) is 9.80. The lowest BCUT2D eigenvalue weighted by Gasteiger charge is -2.51. The molecule has 88 valence electrons. The molecule has 1 N–H and O–H groups in total. The van der Waals surface area contributed by atoms with Gasteiger partial charge in [0.1, 0.15) is 6.33 Å². The van der Waals surface area contributed by atoms with Crippen LogP contribution in [0.4, 0.5) is 4.79 Å². The maximum absolute atomic E-state index is 11.8. The van der Waals surface area contributed by atoms with Crippen LogP contribution < -0.4 is 5.32 Å². The maximum atomic E-state index is 11.8. The zero-order valence-corrected chi connectivity index (χ0v) is 9.80. The first-order valence-electron chi connectivity index (χ1n) is 5.37. The number of amides is 1. The molecule has 1 aromatic rings. The molecule has 0 aromatic carbocycles. The first kappa shape index (κ1) is 11.1. The van der Waals surface area contributed by atoms with Crippen LogP contribution in [0.5, 0.6) is 0 Å². The molecule has 0 bridgehead atoms. The average Bonchev–Trinajstić information content (AvgIpc) is 2.76. The minimum Gasteiger partial charge on any atom is -0.381 e. The van der Waals surface area contributed by atoms with E-state index in [1.807, 2.05) is 0 Å². The van der Waals surface area contributed by atoms with Gasteiger partial charge in [0.15, 0.2) is 0 Å². The van der Waals surface area contributed by atoms with Gasteiger partial charge in [-0.25, -0.2) is 9.78 Å². The highest BCUT2D eigenvalue weighted by atomic mass is 16.5. The number of nitrogens with one attached hydrogen (secondary N) is 1. The van der Waals surface area contributed by atoms with Gasteiger partial charge < -0.3 is 10.1 Å². The van der Waals surface area contributed by atoms with Crippen LogP contribution in [0, 0.1) is 5.41 Å². The largest absolute Gasteiger partial charge is 0.381 e. The number of imidazole rings is 1. The molecule has 1 amide bonds. The first-order chi connectivity index (χ1) is 7.55. The van der Waals surface area contributed by atoms with Crippen molar-refractivity contribution in [3.8, 4) is 0 Å². The van der Waals surface area contributed by atoms with Crippen LogP contribution in [0.2, 0.25) is 0 Å². The van der Waals surface area contributed by atoms with Gasteiger partial charge in [-0.1, -0.05) is 13.8 Å². The number of aromatic nitrogens is 2. The zero-order chi connectivity index (χ0) is 11.8. The lowest BCUT2D eigenvalue weighted by atomic mass is 9.64. The minimum atomic E-state index is -0.134. The first-order valence-corrected chi connectivity index (χ1v) is 5.37. The molecule has 5 nitrogen and oxygen atoms in total. The van der Waals surface area contributed by atoms with Gasteiger partial charge in [-0.15, -0.1) is 0 Å². The lowest BCUT2D eigenvalue weighted by molar-refractivity contribution is -0.0935. The van der Waals surface area contributed by atoms with E-state index in [-0.39, 0.29) is 23.6 Å². The second kappa shape index (κ2) is 3.90. The third-order valence-electron chi connectivity index (χ3n) is 3.50. The summed E-state index contributed by atoms with van der Waals surface area (Å²) in [5.74, 6) is 0. The number of ether oxygens (including phenoxy) is 1. The molecule has 1 fully saturated rings. The van der Waals surface area contributed by atoms with E-state index >= 15 is 0 Å². The molecule has 1 aromatic heterocycles. The van der Waals surface area contributed by atoms with Gasteiger partial charge in [0.2, 0.25) is 0 Å². The topological polar surface area (TPSA) is 56.1 Å². The number of methoxy groups -OCH3 is 1. The standard InChI is InChI=1S/C11H17N3O2/c1-11(2)8(6-9(11)16-3)13-10(15)14-5-4-12-7-14/h4-5,7-9H,6H2,1-3H3,(H,13,15). The summed E-state index contributed by atoms with van der Waals surface area (Å²) in [6.07, 6.45) is 5.80. The molecule has 2 atom stereocenters. The van der Waals surface area contributed by atoms with Gasteiger partial charge in [-0.3, -0.25) is 4.57 Å². The molecule has 5 heteroatoms. The fourth-order valence-corrected chi connectivity index (χ4v) is 2.13. The van der Waals surface area contributed by atoms with Gasteiger partial charge in [-0.05, 0) is 6.42 Å². The molecule has 2 rings (SSSR count). The predicted octanol–water partition coefficient (Wildman–Crippen LogP) is 1.25. The number of hydrogen-bond acceptors (Lipinski definition) is 3. The number of nitrogens with zero attached hydrogens (tertiary/aromatic N) is 2. The lowest BCUT2D eigenvalue weighted by Crippen LogP contribution is -2.62. The highest BCUT2D eigenvalue weighted by Crippen LogP contribution is 2.42. The summed E-state index contributed by atoms with van der Waals surface area (Å²) < 4.78 is 6.77. The Kier molecular flexibility index (Phi) is 2.71. The Morgan fingerprint density at radius 1 is 1.62 bits per heavy atom. The van der Waals surface area contributed by atoms with Gasteiger partial charge in [0.25, 0.3) is 0 Å². The fourth-order valence-electron chi connectivity index (χ4n) is 2.13. The van der Waals surface area contributed by atoms with Gasteiger partial charge >= 0.3 is 6.03 Å². The van der Waals surface area contributed by atoms with Crippen LogP contribution in [0.15, 0.2) is 18.7 Å². The quantitative estimate of drug-likeness (QED) is 0.821. The smallest absolute Gasteiger partial charge is 0.327 e. The summed E-state index contributed by atoms with van der Waals surface area (Å²) in [5.41, 5.74) is -0.00894. The Morgan fingerprint density at radius 2 is 2.38 bits per heavy atom. The molecule has 0 aliphatic heterocycles. The van der Waals surface area contributed by atoms with Crippen LogP contribution in [-0.4, -0.2) is 34.8 Å². The van der Waals surface area contributed by atoms with Crippen LogP contribution in [-0.2, 0) is 4.74 Å². The van der Waals surface area contributed by atoms with Crippen molar-refractivity contribution in [3.05, 3.63) is 18.7 Å². The molecule has 0 saturated heterocycles. The van der Waals surface area contributed by atoms with E-state index in [1.54, 1.807) is 19.5 Å². The molecule has 16 heavy (non-hydrogen) atoms. The Labute approximate surface area is 94.8 Å². The fraction of sp³-hybridized carbons (Fsp3) is 0.636. The highest BCUT2D eigenvalue weighted by Gasteiger charge is 2.49. The third-order valence-corrected chi connectivity index (χ3v) is 3.50. The SMILES string of the molecule is COC1CC(NC(=O)n2ccnc2)C1(C)C. The van der Waals surface area contributed by atoms with Crippen molar-refractivity contribution < 1.29 is 9.53 Å². The van der Waals surface area contributed by atoms with E-state index in [0.29, 0.717) is 0 Å². The van der Waals surface area contributed by atoms with Gasteiger partial charge in [0.05, 0.1) is 6.10 Å². The number of carbonyl (C=O) groups is 1. The van der Waals surface area contributed by atoms with Crippen molar-refractivity contribution in [2.75, 3.05) is 7.11 Å². The second-order valence-electron chi connectivity index (χ2n) is 4.75. The number of hydrogen-bond donors (Lipinski definition) is 1. The Morgan fingerprint density at radius 3 is 2.88 bits per heavy atom. The molecule has 1 aliphatic rings. The van der Waals surface area contributed by atoms with Crippen molar-refractivity contribution >= 4 is 6.03 Å². The number of rotatable bonds is 2. The van der Waals surface area contributed by atoms with Crippen LogP contribution in [0.25, 0.3) is 0 Å². The van der Waals surface area contributed by atoms with Gasteiger partial charge in [0, 0.05) is 31.0 Å². The van der Waals surface area contributed by atoms with Crippen LogP contribution in [0.1, 0.15) is 20.3 Å². The molecular formula is C11H17N3O2. The second-order valence-corrected chi connectivity index (χ2v) is 4.75. The van der Waals surface area contributed by atoms with Crippen molar-refractivity contribution in [1.82, 2.24) is 14.9 Å². The van der Waals surface area contributed by atoms with E-state index in [2.05, 4.69) is 24.1 Å². The Balaban J connectivity index is 1.95. The molecule has 2 unspecified atom stereocenters. The highest BCUT2D eigenvalue weighted by molar-refractivity contribution is 5.76. The molecular weight excluding hydrogens is 206 g/mol. The van der Waals surface area contributed by atoms with E-state index < -0.39 is 0 Å². The Bertz CT molecular complexity index is 373. The average molecular weight is 223 g/mol. The summed E-state index contributed by atoms with van der Waals surface area (Å²) in [6, 6.07) is 0.0254. The summed E-state index contributed by atoms with van der Waals surface area (Å²) in [6.45, 7) is 4.20. The molecule has 0 spiro atoms. The van der Waals surface area contributed by atoms with Crippen LogP contribution in [0.3, 0.4) is 0 Å². The van der Waals surface area contributed by atoms with Crippen LogP contribution >= 0.6 is 0 Å². The van der Waals surface area contributed by atoms with E-state index in [1.165, 1.54) is 10.9 Å². The summed E-state index contributed by atoms with van der Waals surface area (Å²) in [4.78, 5) is 15.6. The van der Waals surface area contributed by atoms with Crippen molar-refractivity contribution in [2.45, 2.75) is 32.4 Å². The molecule has 1 heterocycles. The van der Waals surface area contributed by atoms with Crippen molar-refractivity contribution in [3.63, 3.8) is 0 Å². The summed E-state index contributed by atoms with van der Waals surface area (Å²) >= 11 is 0.